The second-order valence-corrected chi connectivity index (χ2v) is 12.1. The van der Waals surface area contributed by atoms with Crippen LogP contribution in [0.25, 0.3) is 59.1 Å². The first-order valence-corrected chi connectivity index (χ1v) is 15.8. The number of anilines is 3. The van der Waals surface area contributed by atoms with Gasteiger partial charge in [0.15, 0.2) is 0 Å². The van der Waals surface area contributed by atoms with Crippen molar-refractivity contribution in [1.29, 1.82) is 0 Å². The van der Waals surface area contributed by atoms with Crippen LogP contribution >= 0.6 is 11.3 Å². The number of fused-ring (bicyclic) bond motifs is 6. The van der Waals surface area contributed by atoms with E-state index in [9.17, 15) is 0 Å². The first-order chi connectivity index (χ1) is 22.3. The maximum Gasteiger partial charge on any atom is 0.141 e. The molecule has 9 aromatic rings. The minimum absolute atomic E-state index is 0.797. The van der Waals surface area contributed by atoms with Crippen LogP contribution in [-0.2, 0) is 0 Å². The van der Waals surface area contributed by atoms with Gasteiger partial charge in [-0.3, -0.25) is 9.47 Å². The van der Waals surface area contributed by atoms with Crippen molar-refractivity contribution in [2.75, 3.05) is 4.90 Å². The molecular formula is C40H26N4S. The van der Waals surface area contributed by atoms with Crippen molar-refractivity contribution < 1.29 is 0 Å². The lowest BCUT2D eigenvalue weighted by atomic mass is 10.1. The Morgan fingerprint density at radius 1 is 0.467 bits per heavy atom. The molecule has 5 heteroatoms. The molecule has 0 aliphatic rings. The quantitative estimate of drug-likeness (QED) is 0.199. The summed E-state index contributed by atoms with van der Waals surface area (Å²) in [5, 5.41) is 4.98. The average Bonchev–Trinajstić information content (AvgIpc) is 3.65. The maximum absolute atomic E-state index is 5.30. The van der Waals surface area contributed by atoms with E-state index in [2.05, 4.69) is 161 Å². The van der Waals surface area contributed by atoms with Crippen LogP contribution in [0, 0.1) is 0 Å². The first kappa shape index (κ1) is 25.7. The van der Waals surface area contributed by atoms with E-state index in [4.69, 9.17) is 9.97 Å². The highest BCUT2D eigenvalue weighted by molar-refractivity contribution is 7.26. The molecule has 9 rings (SSSR count). The van der Waals surface area contributed by atoms with Crippen molar-refractivity contribution in [2.45, 2.75) is 0 Å². The molecular weight excluding hydrogens is 569 g/mol. The highest BCUT2D eigenvalue weighted by atomic mass is 32.1. The van der Waals surface area contributed by atoms with Gasteiger partial charge in [0.1, 0.15) is 17.5 Å². The van der Waals surface area contributed by atoms with Gasteiger partial charge in [-0.1, -0.05) is 103 Å². The molecule has 0 aliphatic heterocycles. The molecule has 45 heavy (non-hydrogen) atoms. The third-order valence-corrected chi connectivity index (χ3v) is 9.64. The second-order valence-electron chi connectivity index (χ2n) is 11.1. The van der Waals surface area contributed by atoms with E-state index in [1.54, 1.807) is 0 Å². The lowest BCUT2D eigenvalue weighted by Crippen LogP contribution is -2.14. The standard InChI is InChI=1S/C40H26N4S/c1-2-13-27(14-3-1)43(37-24-11-20-33(41-37)32-19-10-18-31-30-17-6-9-23-36(30)45-40(31)32)38-25-12-26-39(42-38)44-34-21-7-4-15-28(34)29-16-5-8-22-35(29)44/h1-26H. The van der Waals surface area contributed by atoms with Crippen molar-refractivity contribution in [3.63, 3.8) is 0 Å². The lowest BCUT2D eigenvalue weighted by molar-refractivity contribution is 1.05. The fourth-order valence-electron chi connectivity index (χ4n) is 6.44. The van der Waals surface area contributed by atoms with Gasteiger partial charge in [-0.25, -0.2) is 9.97 Å². The number of nitrogens with zero attached hydrogens (tertiary/aromatic N) is 4. The molecule has 212 valence electrons. The Hall–Kier alpha value is -5.78. The van der Waals surface area contributed by atoms with E-state index < -0.39 is 0 Å². The fourth-order valence-corrected chi connectivity index (χ4v) is 7.66. The summed E-state index contributed by atoms with van der Waals surface area (Å²) in [4.78, 5) is 12.7. The van der Waals surface area contributed by atoms with Crippen molar-refractivity contribution in [1.82, 2.24) is 14.5 Å². The summed E-state index contributed by atoms with van der Waals surface area (Å²) in [5.41, 5.74) is 5.33. The van der Waals surface area contributed by atoms with E-state index in [1.165, 1.54) is 30.9 Å². The zero-order valence-electron chi connectivity index (χ0n) is 24.2. The molecule has 0 radical (unpaired) electrons. The molecule has 0 saturated heterocycles. The summed E-state index contributed by atoms with van der Waals surface area (Å²) in [6.45, 7) is 0. The van der Waals surface area contributed by atoms with Gasteiger partial charge in [-0.05, 0) is 54.6 Å². The van der Waals surface area contributed by atoms with Crippen LogP contribution in [-0.4, -0.2) is 14.5 Å². The van der Waals surface area contributed by atoms with Crippen LogP contribution in [0.5, 0.6) is 0 Å². The summed E-state index contributed by atoms with van der Waals surface area (Å²) in [6, 6.07) is 55.0. The zero-order chi connectivity index (χ0) is 29.7. The lowest BCUT2D eigenvalue weighted by Gasteiger charge is -2.24. The topological polar surface area (TPSA) is 34.0 Å². The Morgan fingerprint density at radius 2 is 1.07 bits per heavy atom. The number of para-hydroxylation sites is 3. The summed E-state index contributed by atoms with van der Waals surface area (Å²) in [5.74, 6) is 2.46. The number of rotatable bonds is 5. The first-order valence-electron chi connectivity index (χ1n) is 15.0. The molecule has 0 N–H and O–H groups in total. The molecule has 0 unspecified atom stereocenters. The van der Waals surface area contributed by atoms with Gasteiger partial charge >= 0.3 is 0 Å². The number of benzene rings is 5. The van der Waals surface area contributed by atoms with Crippen LogP contribution < -0.4 is 4.90 Å². The largest absolute Gasteiger partial charge is 0.294 e. The zero-order valence-corrected chi connectivity index (χ0v) is 25.0. The average molecular weight is 595 g/mol. The van der Waals surface area contributed by atoms with Crippen LogP contribution in [0.2, 0.25) is 0 Å². The van der Waals surface area contributed by atoms with Gasteiger partial charge in [-0.15, -0.1) is 11.3 Å². The minimum Gasteiger partial charge on any atom is -0.294 e. The molecule has 4 nitrogen and oxygen atoms in total. The third kappa shape index (κ3) is 4.20. The van der Waals surface area contributed by atoms with Crippen molar-refractivity contribution in [2.24, 2.45) is 0 Å². The Bertz CT molecular complexity index is 2460. The Balaban J connectivity index is 1.22. The van der Waals surface area contributed by atoms with Crippen molar-refractivity contribution in [3.8, 4) is 17.1 Å². The SMILES string of the molecule is c1ccc(N(c2cccc(-c3cccc4c3sc3ccccc34)n2)c2cccc(-n3c4ccccc4c4ccccc43)n2)cc1. The molecule has 4 aromatic heterocycles. The number of aromatic nitrogens is 3. The number of pyridine rings is 2. The summed E-state index contributed by atoms with van der Waals surface area (Å²) in [6.07, 6.45) is 0. The van der Waals surface area contributed by atoms with E-state index in [0.29, 0.717) is 0 Å². The van der Waals surface area contributed by atoms with Gasteiger partial charge in [0, 0.05) is 42.2 Å². The molecule has 0 atom stereocenters. The van der Waals surface area contributed by atoms with Gasteiger partial charge < -0.3 is 0 Å². The third-order valence-electron chi connectivity index (χ3n) is 8.42. The second kappa shape index (κ2) is 10.4. The highest BCUT2D eigenvalue weighted by Gasteiger charge is 2.19. The highest BCUT2D eigenvalue weighted by Crippen LogP contribution is 2.41. The van der Waals surface area contributed by atoms with E-state index in [-0.39, 0.29) is 0 Å². The predicted molar refractivity (Wildman–Crippen MR) is 189 cm³/mol. The van der Waals surface area contributed by atoms with Crippen molar-refractivity contribution in [3.05, 3.63) is 158 Å². The van der Waals surface area contributed by atoms with Gasteiger partial charge in [0.05, 0.1) is 16.7 Å². The van der Waals surface area contributed by atoms with E-state index in [1.807, 2.05) is 17.4 Å². The summed E-state index contributed by atoms with van der Waals surface area (Å²) >= 11 is 1.82. The molecule has 0 spiro atoms. The Morgan fingerprint density at radius 3 is 1.84 bits per heavy atom. The number of thiophene rings is 1. The molecule has 0 amide bonds. The molecule has 4 heterocycles. The number of hydrogen-bond acceptors (Lipinski definition) is 4. The fraction of sp³-hybridized carbons (Fsp3) is 0. The van der Waals surface area contributed by atoms with E-state index in [0.717, 1.165) is 45.4 Å². The Labute approximate surface area is 264 Å². The Kier molecular flexibility index (Phi) is 5.96. The van der Waals surface area contributed by atoms with Crippen LogP contribution in [0.15, 0.2) is 158 Å². The number of hydrogen-bond donors (Lipinski definition) is 0. The summed E-state index contributed by atoms with van der Waals surface area (Å²) < 4.78 is 4.79. The van der Waals surface area contributed by atoms with Gasteiger partial charge in [-0.2, -0.15) is 0 Å². The molecule has 0 bridgehead atoms. The van der Waals surface area contributed by atoms with Crippen LogP contribution in [0.1, 0.15) is 0 Å². The van der Waals surface area contributed by atoms with Gasteiger partial charge in [0.25, 0.3) is 0 Å². The molecule has 0 fully saturated rings. The maximum atomic E-state index is 5.30. The van der Waals surface area contributed by atoms with E-state index >= 15 is 0 Å². The molecule has 5 aromatic carbocycles. The van der Waals surface area contributed by atoms with Crippen LogP contribution in [0.3, 0.4) is 0 Å². The minimum atomic E-state index is 0.797. The predicted octanol–water partition coefficient (Wildman–Crippen LogP) is 11.1. The normalized spacial score (nSPS) is 11.6. The smallest absolute Gasteiger partial charge is 0.141 e. The molecule has 0 aliphatic carbocycles. The van der Waals surface area contributed by atoms with Gasteiger partial charge in [0.2, 0.25) is 0 Å². The summed E-state index contributed by atoms with van der Waals surface area (Å²) in [7, 11) is 0. The van der Waals surface area contributed by atoms with Crippen LogP contribution in [0.4, 0.5) is 17.3 Å². The molecule has 0 saturated carbocycles. The van der Waals surface area contributed by atoms with Crippen molar-refractivity contribution >= 4 is 70.6 Å². The monoisotopic (exact) mass is 594 g/mol.